The second-order valence-corrected chi connectivity index (χ2v) is 5.87. The molecular weight excluding hydrogens is 294 g/mol. The molecule has 0 unspecified atom stereocenters. The average molecular weight is 302 g/mol. The highest BCUT2D eigenvalue weighted by Crippen LogP contribution is 2.23. The predicted molar refractivity (Wildman–Crippen MR) is 67.7 cm³/mol. The van der Waals surface area contributed by atoms with Gasteiger partial charge in [0.15, 0.2) is 0 Å². The summed E-state index contributed by atoms with van der Waals surface area (Å²) in [7, 11) is -4.06. The minimum absolute atomic E-state index is 0.0154. The van der Waals surface area contributed by atoms with Crippen LogP contribution < -0.4 is 0 Å². The molecular formula is C10H8ClN3O4S. The summed E-state index contributed by atoms with van der Waals surface area (Å²) in [4.78, 5) is 13.6. The Morgan fingerprint density at radius 2 is 1.89 bits per heavy atom. The smallest absolute Gasteiger partial charge is 0.358 e. The molecule has 9 heteroatoms. The van der Waals surface area contributed by atoms with Gasteiger partial charge in [0.05, 0.1) is 0 Å². The summed E-state index contributed by atoms with van der Waals surface area (Å²) in [5.41, 5.74) is 0. The van der Waals surface area contributed by atoms with Crippen molar-refractivity contribution in [2.75, 3.05) is 0 Å². The van der Waals surface area contributed by atoms with E-state index in [-0.39, 0.29) is 10.7 Å². The van der Waals surface area contributed by atoms with Gasteiger partial charge in [-0.05, 0) is 29.2 Å². The predicted octanol–water partition coefficient (Wildman–Crippen LogP) is 1.99. The van der Waals surface area contributed by atoms with E-state index in [1.807, 2.05) is 0 Å². The Labute approximate surface area is 113 Å². The highest BCUT2D eigenvalue weighted by atomic mass is 35.5. The molecule has 0 aliphatic rings. The Bertz CT molecular complexity index is 737. The van der Waals surface area contributed by atoms with Crippen LogP contribution in [0.3, 0.4) is 0 Å². The van der Waals surface area contributed by atoms with Gasteiger partial charge < -0.3 is 10.1 Å². The van der Waals surface area contributed by atoms with Crippen LogP contribution in [-0.4, -0.2) is 22.3 Å². The van der Waals surface area contributed by atoms with Crippen LogP contribution in [0.4, 0.5) is 5.82 Å². The normalized spacial score (nSPS) is 11.5. The van der Waals surface area contributed by atoms with E-state index >= 15 is 0 Å². The molecule has 2 aromatic rings. The van der Waals surface area contributed by atoms with Gasteiger partial charge in [-0.2, -0.15) is 8.42 Å². The lowest BCUT2D eigenvalue weighted by Gasteiger charge is -2.04. The Balaban J connectivity index is 2.66. The lowest BCUT2D eigenvalue weighted by molar-refractivity contribution is -0.390. The van der Waals surface area contributed by atoms with Crippen LogP contribution in [0.15, 0.2) is 35.4 Å². The quantitative estimate of drug-likeness (QED) is 0.638. The molecule has 2 rings (SSSR count). The Kier molecular flexibility index (Phi) is 3.29. The summed E-state index contributed by atoms with van der Waals surface area (Å²) in [6.45, 7) is 1.38. The largest absolute Gasteiger partial charge is 0.358 e. The molecule has 19 heavy (non-hydrogen) atoms. The molecule has 0 amide bonds. The second kappa shape index (κ2) is 4.63. The van der Waals surface area contributed by atoms with Crippen molar-refractivity contribution in [2.45, 2.75) is 11.8 Å². The molecule has 0 atom stereocenters. The minimum atomic E-state index is -4.06. The van der Waals surface area contributed by atoms with E-state index in [2.05, 4.69) is 4.98 Å². The zero-order valence-electron chi connectivity index (χ0n) is 9.65. The van der Waals surface area contributed by atoms with Crippen LogP contribution in [-0.2, 0) is 10.0 Å². The molecule has 0 spiro atoms. The van der Waals surface area contributed by atoms with Gasteiger partial charge in [0.25, 0.3) is 0 Å². The van der Waals surface area contributed by atoms with Crippen LogP contribution in [0.5, 0.6) is 0 Å². The van der Waals surface area contributed by atoms with Crippen molar-refractivity contribution in [1.82, 2.24) is 8.96 Å². The number of aromatic nitrogens is 2. The Morgan fingerprint density at radius 1 is 1.32 bits per heavy atom. The van der Waals surface area contributed by atoms with Crippen LogP contribution in [0.1, 0.15) is 5.82 Å². The number of hydrogen-bond acceptors (Lipinski definition) is 5. The molecule has 0 saturated heterocycles. The molecule has 1 aromatic carbocycles. The highest BCUT2D eigenvalue weighted by molar-refractivity contribution is 7.90. The van der Waals surface area contributed by atoms with E-state index in [1.54, 1.807) is 0 Å². The zero-order chi connectivity index (χ0) is 14.2. The number of imidazole rings is 1. The maximum absolute atomic E-state index is 12.3. The number of nitro groups is 1. The lowest BCUT2D eigenvalue weighted by atomic mass is 10.4. The molecule has 0 saturated carbocycles. The van der Waals surface area contributed by atoms with E-state index in [0.29, 0.717) is 9.00 Å². The Hall–Kier alpha value is -1.93. The molecule has 0 fully saturated rings. The summed E-state index contributed by atoms with van der Waals surface area (Å²) in [5.74, 6) is -0.589. The minimum Gasteiger partial charge on any atom is -0.358 e. The lowest BCUT2D eigenvalue weighted by Crippen LogP contribution is -2.16. The first-order chi connectivity index (χ1) is 8.84. The topological polar surface area (TPSA) is 95.1 Å². The summed E-state index contributed by atoms with van der Waals surface area (Å²) >= 11 is 5.68. The molecule has 0 radical (unpaired) electrons. The van der Waals surface area contributed by atoms with Crippen LogP contribution >= 0.6 is 11.6 Å². The number of halogens is 1. The second-order valence-electron chi connectivity index (χ2n) is 3.64. The number of benzene rings is 1. The van der Waals surface area contributed by atoms with Crippen LogP contribution in [0.2, 0.25) is 5.02 Å². The number of nitrogens with zero attached hydrogens (tertiary/aromatic N) is 3. The summed E-state index contributed by atoms with van der Waals surface area (Å²) in [5, 5.41) is 11.2. The average Bonchev–Trinajstić information content (AvgIpc) is 2.72. The standard InChI is InChI=1S/C10H8ClN3O4S/c1-7-12-6-10(14(15)16)13(7)19(17,18)9-4-2-8(11)3-5-9/h2-6H,1H3. The summed E-state index contributed by atoms with van der Waals surface area (Å²) < 4.78 is 25.2. The van der Waals surface area contributed by atoms with Crippen molar-refractivity contribution in [2.24, 2.45) is 0 Å². The van der Waals surface area contributed by atoms with Crippen molar-refractivity contribution in [3.8, 4) is 0 Å². The first kappa shape index (κ1) is 13.5. The van der Waals surface area contributed by atoms with Gasteiger partial charge >= 0.3 is 15.8 Å². The van der Waals surface area contributed by atoms with Gasteiger partial charge in [-0.25, -0.2) is 4.98 Å². The highest BCUT2D eigenvalue weighted by Gasteiger charge is 2.31. The molecule has 100 valence electrons. The zero-order valence-corrected chi connectivity index (χ0v) is 11.2. The van der Waals surface area contributed by atoms with E-state index in [4.69, 9.17) is 11.6 Å². The van der Waals surface area contributed by atoms with E-state index in [9.17, 15) is 18.5 Å². The molecule has 0 aliphatic heterocycles. The molecule has 1 heterocycles. The van der Waals surface area contributed by atoms with Crippen LogP contribution in [0, 0.1) is 17.0 Å². The molecule has 0 N–H and O–H groups in total. The number of rotatable bonds is 3. The summed E-state index contributed by atoms with van der Waals surface area (Å²) in [6.07, 6.45) is 0.906. The van der Waals surface area contributed by atoms with Gasteiger partial charge in [0.2, 0.25) is 5.82 Å². The SMILES string of the molecule is Cc1ncc([N+](=O)[O-])n1S(=O)(=O)c1ccc(Cl)cc1. The number of aryl methyl sites for hydroxylation is 1. The van der Waals surface area contributed by atoms with E-state index in [1.165, 1.54) is 31.2 Å². The molecule has 0 bridgehead atoms. The first-order valence-corrected chi connectivity index (χ1v) is 6.85. The molecule has 1 aromatic heterocycles. The third-order valence-corrected chi connectivity index (χ3v) is 4.46. The first-order valence-electron chi connectivity index (χ1n) is 5.04. The summed E-state index contributed by atoms with van der Waals surface area (Å²) in [6, 6.07) is 5.35. The van der Waals surface area contributed by atoms with Gasteiger partial charge in [-0.1, -0.05) is 15.6 Å². The molecule has 7 nitrogen and oxygen atoms in total. The maximum atomic E-state index is 12.3. The van der Waals surface area contributed by atoms with Crippen molar-refractivity contribution in [3.05, 3.63) is 51.4 Å². The monoisotopic (exact) mass is 301 g/mol. The fourth-order valence-corrected chi connectivity index (χ4v) is 3.12. The van der Waals surface area contributed by atoms with Gasteiger partial charge in [0.1, 0.15) is 11.1 Å². The van der Waals surface area contributed by atoms with Gasteiger partial charge in [-0.3, -0.25) is 0 Å². The number of hydrogen-bond donors (Lipinski definition) is 0. The maximum Gasteiger partial charge on any atom is 0.358 e. The molecule has 0 aliphatic carbocycles. The van der Waals surface area contributed by atoms with Crippen molar-refractivity contribution in [3.63, 3.8) is 0 Å². The van der Waals surface area contributed by atoms with Gasteiger partial charge in [-0.15, -0.1) is 0 Å². The third-order valence-electron chi connectivity index (χ3n) is 2.41. The Morgan fingerprint density at radius 3 is 2.42 bits per heavy atom. The third kappa shape index (κ3) is 2.32. The fraction of sp³-hybridized carbons (Fsp3) is 0.100. The van der Waals surface area contributed by atoms with E-state index in [0.717, 1.165) is 6.20 Å². The van der Waals surface area contributed by atoms with Crippen molar-refractivity contribution in [1.29, 1.82) is 0 Å². The fourth-order valence-electron chi connectivity index (χ4n) is 1.55. The van der Waals surface area contributed by atoms with Gasteiger partial charge in [0, 0.05) is 11.9 Å². The van der Waals surface area contributed by atoms with E-state index < -0.39 is 20.8 Å². The van der Waals surface area contributed by atoms with Crippen molar-refractivity contribution >= 4 is 27.4 Å². The van der Waals surface area contributed by atoms with Crippen molar-refractivity contribution < 1.29 is 13.3 Å². The van der Waals surface area contributed by atoms with Crippen LogP contribution in [0.25, 0.3) is 0 Å².